The van der Waals surface area contributed by atoms with Crippen molar-refractivity contribution in [2.45, 2.75) is 19.4 Å². The number of halogens is 1. The van der Waals surface area contributed by atoms with Gasteiger partial charge < -0.3 is 9.84 Å². The summed E-state index contributed by atoms with van der Waals surface area (Å²) in [6, 6.07) is 4.35. The fraction of sp³-hybridized carbons (Fsp3) is 0.300. The predicted molar refractivity (Wildman–Crippen MR) is 63.1 cm³/mol. The lowest BCUT2D eigenvalue weighted by atomic mass is 10.2. The van der Waals surface area contributed by atoms with Gasteiger partial charge in [0, 0.05) is 6.07 Å². The van der Waals surface area contributed by atoms with Crippen molar-refractivity contribution < 1.29 is 19.6 Å². The molecule has 6 nitrogen and oxygen atoms in total. The molecule has 1 rings (SSSR count). The first-order valence-corrected chi connectivity index (χ1v) is 5.52. The topological polar surface area (TPSA) is 89.7 Å². The maximum Gasteiger partial charge on any atom is 0.307 e. The van der Waals surface area contributed by atoms with Crippen molar-refractivity contribution in [2.24, 2.45) is 0 Å². The summed E-state index contributed by atoms with van der Waals surface area (Å²) in [6.07, 6.45) is -0.736. The third-order valence-corrected chi connectivity index (χ3v) is 2.73. The lowest BCUT2D eigenvalue weighted by molar-refractivity contribution is -0.385. The summed E-state index contributed by atoms with van der Waals surface area (Å²) in [5.41, 5.74) is -0.120. The molecule has 1 aromatic carbocycles. The molecule has 0 aliphatic heterocycles. The van der Waals surface area contributed by atoms with Gasteiger partial charge >= 0.3 is 5.97 Å². The van der Waals surface area contributed by atoms with Gasteiger partial charge in [-0.25, -0.2) is 0 Å². The second kappa shape index (κ2) is 5.62. The molecule has 0 saturated carbocycles. The standard InChI is InChI=1S/C10H10BrNO5/c1-6(5-9(13)14)17-8-4-2-3-7(10(8)11)12(15)16/h2-4,6H,5H2,1H3,(H,13,14)/t6-/m1/s1. The quantitative estimate of drug-likeness (QED) is 0.667. The normalized spacial score (nSPS) is 11.9. The van der Waals surface area contributed by atoms with E-state index in [1.165, 1.54) is 18.2 Å². The lowest BCUT2D eigenvalue weighted by Gasteiger charge is -2.13. The Morgan fingerprint density at radius 1 is 1.65 bits per heavy atom. The van der Waals surface area contributed by atoms with Gasteiger partial charge in [-0.05, 0) is 28.9 Å². The number of carboxylic acid groups (broad SMARTS) is 1. The molecule has 0 unspecified atom stereocenters. The maximum atomic E-state index is 10.7. The largest absolute Gasteiger partial charge is 0.489 e. The molecular formula is C10H10BrNO5. The highest BCUT2D eigenvalue weighted by Gasteiger charge is 2.18. The average Bonchev–Trinajstić information content (AvgIpc) is 2.19. The van der Waals surface area contributed by atoms with Crippen LogP contribution in [0.4, 0.5) is 5.69 Å². The number of nitrogens with zero attached hydrogens (tertiary/aromatic N) is 1. The van der Waals surface area contributed by atoms with Crippen LogP contribution in [-0.2, 0) is 4.79 Å². The zero-order chi connectivity index (χ0) is 13.0. The Labute approximate surface area is 105 Å². The third-order valence-electron chi connectivity index (χ3n) is 1.93. The molecule has 1 N–H and O–H groups in total. The molecule has 1 aromatic rings. The Bertz CT molecular complexity index is 448. The van der Waals surface area contributed by atoms with E-state index in [4.69, 9.17) is 9.84 Å². The highest BCUT2D eigenvalue weighted by molar-refractivity contribution is 9.10. The van der Waals surface area contributed by atoms with Crippen molar-refractivity contribution in [1.29, 1.82) is 0 Å². The van der Waals surface area contributed by atoms with Crippen LogP contribution in [0, 0.1) is 10.1 Å². The maximum absolute atomic E-state index is 10.7. The van der Waals surface area contributed by atoms with Gasteiger partial charge in [0.2, 0.25) is 0 Å². The Balaban J connectivity index is 2.88. The lowest BCUT2D eigenvalue weighted by Crippen LogP contribution is -2.16. The first kappa shape index (κ1) is 13.4. The number of hydrogen-bond acceptors (Lipinski definition) is 4. The minimum Gasteiger partial charge on any atom is -0.489 e. The summed E-state index contributed by atoms with van der Waals surface area (Å²) in [5, 5.41) is 19.2. The highest BCUT2D eigenvalue weighted by Crippen LogP contribution is 2.34. The third kappa shape index (κ3) is 3.70. The van der Waals surface area contributed by atoms with Crippen LogP contribution in [0.25, 0.3) is 0 Å². The number of carboxylic acids is 1. The minimum absolute atomic E-state index is 0.120. The molecule has 0 saturated heterocycles. The van der Waals surface area contributed by atoms with Gasteiger partial charge in [0.25, 0.3) is 5.69 Å². The molecule has 0 spiro atoms. The molecule has 1 atom stereocenters. The number of rotatable bonds is 5. The van der Waals surface area contributed by atoms with E-state index in [9.17, 15) is 14.9 Å². The monoisotopic (exact) mass is 303 g/mol. The number of aliphatic carboxylic acids is 1. The van der Waals surface area contributed by atoms with E-state index in [0.717, 1.165) is 0 Å². The van der Waals surface area contributed by atoms with Gasteiger partial charge in [0.05, 0.1) is 11.3 Å². The van der Waals surface area contributed by atoms with Crippen molar-refractivity contribution in [3.05, 3.63) is 32.8 Å². The number of ether oxygens (including phenoxy) is 1. The number of nitro groups is 1. The van der Waals surface area contributed by atoms with E-state index in [1.807, 2.05) is 0 Å². The zero-order valence-corrected chi connectivity index (χ0v) is 10.5. The highest BCUT2D eigenvalue weighted by atomic mass is 79.9. The van der Waals surface area contributed by atoms with Gasteiger partial charge in [-0.1, -0.05) is 6.07 Å². The van der Waals surface area contributed by atoms with Crippen molar-refractivity contribution in [3.8, 4) is 5.75 Å². The molecule has 7 heteroatoms. The van der Waals surface area contributed by atoms with Gasteiger partial charge in [0.15, 0.2) is 0 Å². The Kier molecular flexibility index (Phi) is 4.45. The zero-order valence-electron chi connectivity index (χ0n) is 8.92. The van der Waals surface area contributed by atoms with Crippen LogP contribution in [0.5, 0.6) is 5.75 Å². The summed E-state index contributed by atoms with van der Waals surface area (Å²) in [4.78, 5) is 20.6. The Hall–Kier alpha value is -1.63. The molecule has 0 radical (unpaired) electrons. The van der Waals surface area contributed by atoms with E-state index in [2.05, 4.69) is 15.9 Å². The molecule has 0 aromatic heterocycles. The second-order valence-corrected chi connectivity index (χ2v) is 4.17. The molecule has 17 heavy (non-hydrogen) atoms. The van der Waals surface area contributed by atoms with Crippen molar-refractivity contribution in [2.75, 3.05) is 0 Å². The van der Waals surface area contributed by atoms with E-state index >= 15 is 0 Å². The summed E-state index contributed by atoms with van der Waals surface area (Å²) < 4.78 is 5.53. The van der Waals surface area contributed by atoms with Crippen LogP contribution in [0.3, 0.4) is 0 Å². The van der Waals surface area contributed by atoms with E-state index in [0.29, 0.717) is 0 Å². The number of benzene rings is 1. The molecule has 0 amide bonds. The van der Waals surface area contributed by atoms with Gasteiger partial charge in [0.1, 0.15) is 16.3 Å². The summed E-state index contributed by atoms with van der Waals surface area (Å²) in [6.45, 7) is 1.58. The second-order valence-electron chi connectivity index (χ2n) is 3.37. The van der Waals surface area contributed by atoms with E-state index in [1.54, 1.807) is 6.92 Å². The summed E-state index contributed by atoms with van der Waals surface area (Å²) >= 11 is 3.06. The van der Waals surface area contributed by atoms with E-state index in [-0.39, 0.29) is 22.3 Å². The summed E-state index contributed by atoms with van der Waals surface area (Å²) in [7, 11) is 0. The van der Waals surface area contributed by atoms with Gasteiger partial charge in [-0.3, -0.25) is 14.9 Å². The van der Waals surface area contributed by atoms with Gasteiger partial charge in [-0.15, -0.1) is 0 Å². The summed E-state index contributed by atoms with van der Waals surface area (Å²) in [5.74, 6) is -0.730. The fourth-order valence-corrected chi connectivity index (χ4v) is 1.74. The van der Waals surface area contributed by atoms with Crippen LogP contribution in [0.2, 0.25) is 0 Å². The smallest absolute Gasteiger partial charge is 0.307 e. The van der Waals surface area contributed by atoms with Crippen LogP contribution < -0.4 is 4.74 Å². The molecule has 0 aliphatic carbocycles. The molecular weight excluding hydrogens is 294 g/mol. The van der Waals surface area contributed by atoms with Crippen LogP contribution in [-0.4, -0.2) is 22.1 Å². The number of carbonyl (C=O) groups is 1. The van der Waals surface area contributed by atoms with Crippen molar-refractivity contribution in [3.63, 3.8) is 0 Å². The fourth-order valence-electron chi connectivity index (χ4n) is 1.24. The first-order chi connectivity index (χ1) is 7.91. The van der Waals surface area contributed by atoms with Crippen LogP contribution >= 0.6 is 15.9 Å². The molecule has 0 fully saturated rings. The average molecular weight is 304 g/mol. The number of hydrogen-bond donors (Lipinski definition) is 1. The molecule has 0 aliphatic rings. The molecule has 0 bridgehead atoms. The predicted octanol–water partition coefficient (Wildman–Crippen LogP) is 2.60. The van der Waals surface area contributed by atoms with Crippen molar-refractivity contribution >= 4 is 27.6 Å². The Morgan fingerprint density at radius 2 is 2.29 bits per heavy atom. The first-order valence-electron chi connectivity index (χ1n) is 4.73. The number of nitro benzene ring substituents is 1. The SMILES string of the molecule is C[C@H](CC(=O)O)Oc1cccc([N+](=O)[O-])c1Br. The Morgan fingerprint density at radius 3 is 2.82 bits per heavy atom. The van der Waals surface area contributed by atoms with Crippen LogP contribution in [0.1, 0.15) is 13.3 Å². The van der Waals surface area contributed by atoms with Crippen LogP contribution in [0.15, 0.2) is 22.7 Å². The van der Waals surface area contributed by atoms with Gasteiger partial charge in [-0.2, -0.15) is 0 Å². The van der Waals surface area contributed by atoms with Crippen molar-refractivity contribution in [1.82, 2.24) is 0 Å². The molecule has 92 valence electrons. The van der Waals surface area contributed by atoms with E-state index < -0.39 is 17.0 Å². The minimum atomic E-state index is -0.987. The molecule has 0 heterocycles.